The number of pyridine rings is 1. The molecule has 0 radical (unpaired) electrons. The summed E-state index contributed by atoms with van der Waals surface area (Å²) in [4.78, 5) is 28.9. The van der Waals surface area contributed by atoms with E-state index >= 15 is 0 Å². The van der Waals surface area contributed by atoms with Gasteiger partial charge >= 0.3 is 0 Å². The van der Waals surface area contributed by atoms with Crippen LogP contribution in [0.1, 0.15) is 28.4 Å². The van der Waals surface area contributed by atoms with Crippen molar-refractivity contribution in [3.05, 3.63) is 49.9 Å². The average Bonchev–Trinajstić information content (AvgIpc) is 3.05. The van der Waals surface area contributed by atoms with Crippen LogP contribution in [-0.4, -0.2) is 35.1 Å². The lowest BCUT2D eigenvalue weighted by Crippen LogP contribution is -2.39. The van der Waals surface area contributed by atoms with E-state index in [4.69, 9.17) is 5.26 Å². The van der Waals surface area contributed by atoms with E-state index in [1.165, 1.54) is 17.8 Å². The topological polar surface area (TPSA) is 77.0 Å². The van der Waals surface area contributed by atoms with Crippen LogP contribution in [0.3, 0.4) is 0 Å². The Morgan fingerprint density at radius 2 is 2.30 bits per heavy atom. The van der Waals surface area contributed by atoms with Gasteiger partial charge in [-0.05, 0) is 48.1 Å². The van der Waals surface area contributed by atoms with Crippen LogP contribution in [0.4, 0.5) is 0 Å². The number of nitriles is 1. The summed E-state index contributed by atoms with van der Waals surface area (Å²) in [5, 5.41) is 13.7. The number of H-pyrrole nitrogens is 1. The first-order chi connectivity index (χ1) is 11.0. The minimum absolute atomic E-state index is 0.000909. The highest BCUT2D eigenvalue weighted by Gasteiger charge is 2.22. The highest BCUT2D eigenvalue weighted by Crippen LogP contribution is 2.17. The molecule has 1 atom stereocenters. The van der Waals surface area contributed by atoms with Crippen molar-refractivity contribution in [2.75, 3.05) is 13.3 Å². The quantitative estimate of drug-likeness (QED) is 0.844. The van der Waals surface area contributed by atoms with Gasteiger partial charge in [0.05, 0.1) is 10.6 Å². The SMILES string of the molecule is CSc1[nH]c(=O)c(C(=O)N(C)C(C)Cc2ccsc2)cc1C#N. The molecule has 1 unspecified atom stereocenters. The van der Waals surface area contributed by atoms with Crippen LogP contribution in [0.15, 0.2) is 32.7 Å². The summed E-state index contributed by atoms with van der Waals surface area (Å²) in [6.07, 6.45) is 2.49. The largest absolute Gasteiger partial charge is 0.338 e. The van der Waals surface area contributed by atoms with Crippen molar-refractivity contribution < 1.29 is 4.79 Å². The number of nitrogens with zero attached hydrogens (tertiary/aromatic N) is 2. The summed E-state index contributed by atoms with van der Waals surface area (Å²) < 4.78 is 0. The molecule has 1 amide bonds. The molecule has 0 aliphatic rings. The zero-order valence-electron chi connectivity index (χ0n) is 13.1. The normalized spacial score (nSPS) is 11.7. The number of amides is 1. The molecule has 0 fully saturated rings. The molecule has 2 aromatic rings. The summed E-state index contributed by atoms with van der Waals surface area (Å²) in [5.41, 5.74) is 0.998. The fourth-order valence-electron chi connectivity index (χ4n) is 2.19. The van der Waals surface area contributed by atoms with Gasteiger partial charge < -0.3 is 9.88 Å². The summed E-state index contributed by atoms with van der Waals surface area (Å²) >= 11 is 2.88. The minimum atomic E-state index is -0.465. The van der Waals surface area contributed by atoms with E-state index in [1.54, 1.807) is 29.5 Å². The third-order valence-corrected chi connectivity index (χ3v) is 5.11. The fraction of sp³-hybridized carbons (Fsp3) is 0.312. The molecule has 2 rings (SSSR count). The van der Waals surface area contributed by atoms with Crippen molar-refractivity contribution in [2.45, 2.75) is 24.4 Å². The summed E-state index contributed by atoms with van der Waals surface area (Å²) in [6.45, 7) is 1.94. The predicted octanol–water partition coefficient (Wildman–Crippen LogP) is 2.73. The minimum Gasteiger partial charge on any atom is -0.338 e. The van der Waals surface area contributed by atoms with Crippen LogP contribution in [0.5, 0.6) is 0 Å². The maximum absolute atomic E-state index is 12.6. The van der Waals surface area contributed by atoms with Gasteiger partial charge in [-0.25, -0.2) is 0 Å². The lowest BCUT2D eigenvalue weighted by atomic mass is 10.1. The van der Waals surface area contributed by atoms with E-state index in [1.807, 2.05) is 29.8 Å². The lowest BCUT2D eigenvalue weighted by Gasteiger charge is -2.24. The molecule has 120 valence electrons. The van der Waals surface area contributed by atoms with Crippen LogP contribution in [0.25, 0.3) is 0 Å². The number of carbonyl (C=O) groups excluding carboxylic acids is 1. The number of hydrogen-bond acceptors (Lipinski definition) is 5. The third-order valence-electron chi connectivity index (χ3n) is 3.65. The van der Waals surface area contributed by atoms with Gasteiger partial charge in [0, 0.05) is 13.1 Å². The molecular weight excluding hydrogens is 330 g/mol. The second kappa shape index (κ2) is 7.49. The van der Waals surface area contributed by atoms with Crippen molar-refractivity contribution in [2.24, 2.45) is 0 Å². The number of hydrogen-bond donors (Lipinski definition) is 1. The Morgan fingerprint density at radius 3 is 2.87 bits per heavy atom. The first-order valence-corrected chi connectivity index (χ1v) is 9.14. The Bertz CT molecular complexity index is 791. The van der Waals surface area contributed by atoms with Crippen molar-refractivity contribution >= 4 is 29.0 Å². The van der Waals surface area contributed by atoms with E-state index in [2.05, 4.69) is 4.98 Å². The second-order valence-corrected chi connectivity index (χ2v) is 6.77. The molecular formula is C16H17N3O2S2. The molecule has 0 saturated heterocycles. The first-order valence-electron chi connectivity index (χ1n) is 6.97. The molecule has 0 saturated carbocycles. The van der Waals surface area contributed by atoms with Crippen molar-refractivity contribution in [1.82, 2.24) is 9.88 Å². The number of aromatic amines is 1. The van der Waals surface area contributed by atoms with Gasteiger partial charge in [-0.2, -0.15) is 16.6 Å². The monoisotopic (exact) mass is 347 g/mol. The zero-order chi connectivity index (χ0) is 17.0. The molecule has 0 aliphatic carbocycles. The summed E-state index contributed by atoms with van der Waals surface area (Å²) in [7, 11) is 1.67. The Labute approximate surface area is 143 Å². The van der Waals surface area contributed by atoms with E-state index in [-0.39, 0.29) is 17.5 Å². The Balaban J connectivity index is 2.25. The Hall–Kier alpha value is -2.04. The van der Waals surface area contributed by atoms with E-state index in [0.717, 1.165) is 12.0 Å². The molecule has 23 heavy (non-hydrogen) atoms. The number of nitrogens with one attached hydrogen (secondary N) is 1. The highest BCUT2D eigenvalue weighted by molar-refractivity contribution is 7.98. The maximum Gasteiger partial charge on any atom is 0.261 e. The maximum atomic E-state index is 12.6. The van der Waals surface area contributed by atoms with Gasteiger partial charge in [-0.3, -0.25) is 9.59 Å². The second-order valence-electron chi connectivity index (χ2n) is 5.17. The molecule has 7 heteroatoms. The van der Waals surface area contributed by atoms with Gasteiger partial charge in [0.15, 0.2) is 0 Å². The van der Waals surface area contributed by atoms with Crippen molar-refractivity contribution in [3.8, 4) is 6.07 Å². The van der Waals surface area contributed by atoms with Crippen LogP contribution in [-0.2, 0) is 6.42 Å². The van der Waals surface area contributed by atoms with Crippen LogP contribution >= 0.6 is 23.1 Å². The van der Waals surface area contributed by atoms with E-state index in [9.17, 15) is 9.59 Å². The summed E-state index contributed by atoms with van der Waals surface area (Å²) in [6, 6.07) is 5.36. The van der Waals surface area contributed by atoms with E-state index in [0.29, 0.717) is 10.6 Å². The summed E-state index contributed by atoms with van der Waals surface area (Å²) in [5.74, 6) is -0.377. The smallest absolute Gasteiger partial charge is 0.261 e. The van der Waals surface area contributed by atoms with Gasteiger partial charge in [-0.15, -0.1) is 11.8 Å². The Kier molecular flexibility index (Phi) is 5.64. The number of thiophene rings is 1. The Morgan fingerprint density at radius 1 is 1.57 bits per heavy atom. The standard InChI is InChI=1S/C16H17N3O2S2/c1-10(6-11-4-5-23-9-11)19(2)16(21)13-7-12(8-17)15(22-3)18-14(13)20/h4-5,7,9-10H,6H2,1-3H3,(H,18,20). The van der Waals surface area contributed by atoms with Crippen LogP contribution in [0.2, 0.25) is 0 Å². The first kappa shape index (κ1) is 17.3. The zero-order valence-corrected chi connectivity index (χ0v) is 14.8. The number of rotatable bonds is 5. The number of carbonyl (C=O) groups is 1. The lowest BCUT2D eigenvalue weighted by molar-refractivity contribution is 0.0741. The molecule has 5 nitrogen and oxygen atoms in total. The molecule has 0 aromatic carbocycles. The van der Waals surface area contributed by atoms with Gasteiger partial charge in [-0.1, -0.05) is 0 Å². The van der Waals surface area contributed by atoms with Gasteiger partial charge in [0.25, 0.3) is 11.5 Å². The molecule has 0 aliphatic heterocycles. The third kappa shape index (κ3) is 3.84. The van der Waals surface area contributed by atoms with Gasteiger partial charge in [0.2, 0.25) is 0 Å². The highest BCUT2D eigenvalue weighted by atomic mass is 32.2. The van der Waals surface area contributed by atoms with Crippen molar-refractivity contribution in [1.29, 1.82) is 5.26 Å². The number of thioether (sulfide) groups is 1. The number of likely N-dealkylation sites (N-methyl/N-ethyl adjacent to an activating group) is 1. The molecule has 0 spiro atoms. The number of aromatic nitrogens is 1. The van der Waals surface area contributed by atoms with E-state index < -0.39 is 5.56 Å². The van der Waals surface area contributed by atoms with Crippen LogP contribution < -0.4 is 5.56 Å². The van der Waals surface area contributed by atoms with Crippen molar-refractivity contribution in [3.63, 3.8) is 0 Å². The molecule has 2 heterocycles. The molecule has 2 aromatic heterocycles. The average molecular weight is 347 g/mol. The fourth-order valence-corrected chi connectivity index (χ4v) is 3.39. The predicted molar refractivity (Wildman–Crippen MR) is 93.1 cm³/mol. The van der Waals surface area contributed by atoms with Gasteiger partial charge in [0.1, 0.15) is 11.6 Å². The molecule has 0 bridgehead atoms. The molecule has 1 N–H and O–H groups in total. The van der Waals surface area contributed by atoms with Crippen LogP contribution in [0, 0.1) is 11.3 Å².